The van der Waals surface area contributed by atoms with Crippen LogP contribution in [-0.4, -0.2) is 24.5 Å². The highest BCUT2D eigenvalue weighted by Crippen LogP contribution is 2.25. The summed E-state index contributed by atoms with van der Waals surface area (Å²) in [5, 5.41) is 3.59. The highest BCUT2D eigenvalue weighted by molar-refractivity contribution is 6.37. The summed E-state index contributed by atoms with van der Waals surface area (Å²) < 4.78 is 5.04. The van der Waals surface area contributed by atoms with E-state index in [1.165, 1.54) is 7.11 Å². The van der Waals surface area contributed by atoms with Crippen LogP contribution >= 0.6 is 11.6 Å². The van der Waals surface area contributed by atoms with Gasteiger partial charge in [-0.25, -0.2) is 0 Å². The first-order chi connectivity index (χ1) is 7.74. The summed E-state index contributed by atoms with van der Waals surface area (Å²) in [7, 11) is 1.53. The van der Waals surface area contributed by atoms with Gasteiger partial charge in [-0.2, -0.15) is 0 Å². The number of alkyl halides is 1. The molecule has 1 aromatic rings. The minimum Gasteiger partial charge on any atom is -0.358 e. The van der Waals surface area contributed by atoms with Crippen LogP contribution in [-0.2, 0) is 9.57 Å². The molecule has 1 aliphatic rings. The number of nitrogens with zero attached hydrogens (tertiary/aromatic N) is 1. The van der Waals surface area contributed by atoms with Gasteiger partial charge in [0.1, 0.15) is 11.1 Å². The van der Waals surface area contributed by atoms with E-state index < -0.39 is 6.29 Å². The van der Waals surface area contributed by atoms with Crippen molar-refractivity contribution in [3.63, 3.8) is 0 Å². The molecule has 16 heavy (non-hydrogen) atoms. The second kappa shape index (κ2) is 4.68. The SMILES string of the molecule is C=C1[C@@H](OC)ON=C(c2ccccc2)[C@H]1Cl. The Hall–Kier alpha value is -1.32. The summed E-state index contributed by atoms with van der Waals surface area (Å²) in [6, 6.07) is 9.64. The number of hydrogen-bond acceptors (Lipinski definition) is 3. The van der Waals surface area contributed by atoms with Crippen molar-refractivity contribution in [1.82, 2.24) is 0 Å². The molecule has 0 N–H and O–H groups in total. The standard InChI is InChI=1S/C12H12ClNO2/c1-8-10(13)11(14-16-12(8)15-2)9-6-4-3-5-7-9/h3-7,10,12H,1H2,2H3/t10-,12-/m0/s1. The largest absolute Gasteiger partial charge is 0.358 e. The van der Waals surface area contributed by atoms with Crippen LogP contribution < -0.4 is 0 Å². The molecule has 1 heterocycles. The summed E-state index contributed by atoms with van der Waals surface area (Å²) in [4.78, 5) is 5.16. The molecule has 3 nitrogen and oxygen atoms in total. The predicted molar refractivity (Wildman–Crippen MR) is 63.6 cm³/mol. The van der Waals surface area contributed by atoms with Gasteiger partial charge in [0.15, 0.2) is 0 Å². The lowest BCUT2D eigenvalue weighted by Crippen LogP contribution is -2.32. The van der Waals surface area contributed by atoms with Gasteiger partial charge >= 0.3 is 0 Å². The summed E-state index contributed by atoms with van der Waals surface area (Å²) in [5.74, 6) is 0. The fourth-order valence-corrected chi connectivity index (χ4v) is 1.78. The Balaban J connectivity index is 2.31. The monoisotopic (exact) mass is 237 g/mol. The third-order valence-electron chi connectivity index (χ3n) is 2.40. The Morgan fingerprint density at radius 2 is 2.06 bits per heavy atom. The molecular formula is C12H12ClNO2. The van der Waals surface area contributed by atoms with Gasteiger partial charge in [-0.3, -0.25) is 0 Å². The third kappa shape index (κ3) is 1.96. The molecule has 0 amide bonds. The Labute approximate surface area is 99.3 Å². The maximum atomic E-state index is 6.25. The van der Waals surface area contributed by atoms with Crippen LogP contribution in [0.5, 0.6) is 0 Å². The summed E-state index contributed by atoms with van der Waals surface area (Å²) >= 11 is 6.25. The van der Waals surface area contributed by atoms with Crippen molar-refractivity contribution < 1.29 is 9.57 Å². The van der Waals surface area contributed by atoms with Gasteiger partial charge in [-0.15, -0.1) is 11.6 Å². The molecule has 4 heteroatoms. The first-order valence-electron chi connectivity index (χ1n) is 4.88. The van der Waals surface area contributed by atoms with E-state index in [9.17, 15) is 0 Å². The van der Waals surface area contributed by atoms with Gasteiger partial charge in [0, 0.05) is 18.2 Å². The van der Waals surface area contributed by atoms with Gasteiger partial charge < -0.3 is 9.57 Å². The van der Waals surface area contributed by atoms with Gasteiger partial charge in [-0.1, -0.05) is 42.1 Å². The molecule has 0 bridgehead atoms. The molecule has 2 atom stereocenters. The van der Waals surface area contributed by atoms with Crippen molar-refractivity contribution in [2.45, 2.75) is 11.7 Å². The zero-order valence-corrected chi connectivity index (χ0v) is 9.65. The highest BCUT2D eigenvalue weighted by Gasteiger charge is 2.30. The number of halogens is 1. The predicted octanol–water partition coefficient (Wildman–Crippen LogP) is 2.56. The molecule has 84 valence electrons. The van der Waals surface area contributed by atoms with Crippen LogP contribution in [0, 0.1) is 0 Å². The smallest absolute Gasteiger partial charge is 0.250 e. The minimum atomic E-state index is -0.560. The lowest BCUT2D eigenvalue weighted by atomic mass is 10.0. The number of oxime groups is 1. The quantitative estimate of drug-likeness (QED) is 0.585. The molecule has 0 saturated carbocycles. The fourth-order valence-electron chi connectivity index (χ4n) is 1.52. The number of ether oxygens (including phenoxy) is 1. The number of methoxy groups -OCH3 is 1. The lowest BCUT2D eigenvalue weighted by Gasteiger charge is -2.26. The fraction of sp³-hybridized carbons (Fsp3) is 0.250. The number of hydrogen-bond donors (Lipinski definition) is 0. The molecule has 0 aliphatic carbocycles. The van der Waals surface area contributed by atoms with Crippen molar-refractivity contribution >= 4 is 17.3 Å². The molecule has 0 spiro atoms. The third-order valence-corrected chi connectivity index (χ3v) is 2.89. The minimum absolute atomic E-state index is 0.388. The van der Waals surface area contributed by atoms with E-state index in [-0.39, 0.29) is 5.38 Å². The Morgan fingerprint density at radius 3 is 2.69 bits per heavy atom. The maximum Gasteiger partial charge on any atom is 0.250 e. The van der Waals surface area contributed by atoms with E-state index in [4.69, 9.17) is 21.2 Å². The Bertz CT molecular complexity index is 416. The summed E-state index contributed by atoms with van der Waals surface area (Å²) in [6.07, 6.45) is -0.560. The van der Waals surface area contributed by atoms with Gasteiger partial charge in [0.2, 0.25) is 6.29 Å². The second-order valence-corrected chi connectivity index (χ2v) is 3.89. The van der Waals surface area contributed by atoms with E-state index in [0.29, 0.717) is 11.3 Å². The highest BCUT2D eigenvalue weighted by atomic mass is 35.5. The second-order valence-electron chi connectivity index (χ2n) is 3.45. The molecule has 0 unspecified atom stereocenters. The van der Waals surface area contributed by atoms with E-state index in [1.54, 1.807) is 0 Å². The Morgan fingerprint density at radius 1 is 1.38 bits per heavy atom. The van der Waals surface area contributed by atoms with Crippen molar-refractivity contribution in [1.29, 1.82) is 0 Å². The van der Waals surface area contributed by atoms with Crippen LogP contribution in [0.25, 0.3) is 0 Å². The van der Waals surface area contributed by atoms with Gasteiger partial charge in [0.05, 0.1) is 0 Å². The molecule has 1 aromatic carbocycles. The topological polar surface area (TPSA) is 30.8 Å². The zero-order chi connectivity index (χ0) is 11.5. The van der Waals surface area contributed by atoms with E-state index in [0.717, 1.165) is 5.56 Å². The maximum absolute atomic E-state index is 6.25. The van der Waals surface area contributed by atoms with Crippen LogP contribution in [0.3, 0.4) is 0 Å². The molecule has 0 fully saturated rings. The molecule has 2 rings (SSSR count). The average molecular weight is 238 g/mol. The van der Waals surface area contributed by atoms with Crippen molar-refractivity contribution in [2.24, 2.45) is 5.16 Å². The molecular weight excluding hydrogens is 226 g/mol. The Kier molecular flexibility index (Phi) is 3.27. The summed E-state index contributed by atoms with van der Waals surface area (Å²) in [6.45, 7) is 3.86. The van der Waals surface area contributed by atoms with Crippen molar-refractivity contribution in [3.05, 3.63) is 48.0 Å². The van der Waals surface area contributed by atoms with Crippen LogP contribution in [0.4, 0.5) is 0 Å². The molecule has 0 saturated heterocycles. The van der Waals surface area contributed by atoms with Crippen molar-refractivity contribution in [2.75, 3.05) is 7.11 Å². The van der Waals surface area contributed by atoms with E-state index in [1.807, 2.05) is 30.3 Å². The molecule has 1 aliphatic heterocycles. The zero-order valence-electron chi connectivity index (χ0n) is 8.89. The van der Waals surface area contributed by atoms with Gasteiger partial charge in [0.25, 0.3) is 0 Å². The van der Waals surface area contributed by atoms with E-state index in [2.05, 4.69) is 11.7 Å². The molecule has 0 radical (unpaired) electrons. The first-order valence-corrected chi connectivity index (χ1v) is 5.32. The summed E-state index contributed by atoms with van der Waals surface area (Å²) in [5.41, 5.74) is 2.26. The molecule has 0 aromatic heterocycles. The number of rotatable bonds is 2. The average Bonchev–Trinajstić information content (AvgIpc) is 2.34. The van der Waals surface area contributed by atoms with Gasteiger partial charge in [-0.05, 0) is 0 Å². The normalized spacial score (nSPS) is 24.9. The lowest BCUT2D eigenvalue weighted by molar-refractivity contribution is -0.102. The van der Waals surface area contributed by atoms with Crippen LogP contribution in [0.2, 0.25) is 0 Å². The number of benzene rings is 1. The van der Waals surface area contributed by atoms with Crippen LogP contribution in [0.15, 0.2) is 47.6 Å². The van der Waals surface area contributed by atoms with Crippen LogP contribution in [0.1, 0.15) is 5.56 Å². The van der Waals surface area contributed by atoms with Crippen molar-refractivity contribution in [3.8, 4) is 0 Å². The first kappa shape index (κ1) is 11.2. The van der Waals surface area contributed by atoms with E-state index >= 15 is 0 Å².